The van der Waals surface area contributed by atoms with Crippen molar-refractivity contribution in [3.8, 4) is 11.5 Å². The van der Waals surface area contributed by atoms with Gasteiger partial charge in [-0.1, -0.05) is 20.8 Å². The van der Waals surface area contributed by atoms with E-state index in [0.717, 1.165) is 5.56 Å². The van der Waals surface area contributed by atoms with Gasteiger partial charge in [0, 0.05) is 11.1 Å². The van der Waals surface area contributed by atoms with Crippen LogP contribution >= 0.6 is 0 Å². The third kappa shape index (κ3) is 2.99. The van der Waals surface area contributed by atoms with Crippen LogP contribution in [0.4, 0.5) is 0 Å². The number of hydrogen-bond acceptors (Lipinski definition) is 3. The maximum atomic E-state index is 11.4. The molecule has 0 saturated carbocycles. The van der Waals surface area contributed by atoms with Crippen LogP contribution in [0.25, 0.3) is 0 Å². The smallest absolute Gasteiger partial charge is 0.164 e. The first kappa shape index (κ1) is 13.6. The van der Waals surface area contributed by atoms with Crippen molar-refractivity contribution in [1.29, 1.82) is 0 Å². The molecular formula is C14H20O3. The molecule has 0 atom stereocenters. The monoisotopic (exact) mass is 236 g/mol. The number of phenolic OH excluding ortho intramolecular Hbond substituents is 1. The van der Waals surface area contributed by atoms with Crippen LogP contribution < -0.4 is 4.74 Å². The zero-order valence-corrected chi connectivity index (χ0v) is 11.1. The van der Waals surface area contributed by atoms with Crippen LogP contribution in [0.2, 0.25) is 0 Å². The van der Waals surface area contributed by atoms with Crippen LogP contribution in [0.3, 0.4) is 0 Å². The first-order valence-corrected chi connectivity index (χ1v) is 5.78. The first-order chi connectivity index (χ1) is 7.77. The number of ether oxygens (including phenoxy) is 1. The topological polar surface area (TPSA) is 46.5 Å². The normalized spacial score (nSPS) is 11.4. The molecule has 3 heteroatoms. The average Bonchev–Trinajstić information content (AvgIpc) is 2.18. The average molecular weight is 236 g/mol. The van der Waals surface area contributed by atoms with Crippen LogP contribution in [0, 0.1) is 0 Å². The summed E-state index contributed by atoms with van der Waals surface area (Å²) in [7, 11) is 0. The number of benzene rings is 1. The SMILES string of the molecule is CCOc1c(O)cc(C(C)=O)cc1C(C)(C)C. The molecule has 0 heterocycles. The maximum absolute atomic E-state index is 11.4. The molecule has 0 aliphatic carbocycles. The van der Waals surface area contributed by atoms with Crippen molar-refractivity contribution in [3.05, 3.63) is 23.3 Å². The summed E-state index contributed by atoms with van der Waals surface area (Å²) < 4.78 is 5.47. The Kier molecular flexibility index (Phi) is 3.81. The minimum atomic E-state index is -0.187. The van der Waals surface area contributed by atoms with Gasteiger partial charge >= 0.3 is 0 Å². The lowest BCUT2D eigenvalue weighted by Crippen LogP contribution is -2.14. The largest absolute Gasteiger partial charge is 0.504 e. The highest BCUT2D eigenvalue weighted by Crippen LogP contribution is 2.39. The summed E-state index contributed by atoms with van der Waals surface area (Å²) in [5.74, 6) is 0.448. The Morgan fingerprint density at radius 1 is 1.35 bits per heavy atom. The Bertz CT molecular complexity index is 428. The number of hydrogen-bond donors (Lipinski definition) is 1. The highest BCUT2D eigenvalue weighted by atomic mass is 16.5. The summed E-state index contributed by atoms with van der Waals surface area (Å²) in [6, 6.07) is 3.26. The highest BCUT2D eigenvalue weighted by molar-refractivity contribution is 5.95. The summed E-state index contributed by atoms with van der Waals surface area (Å²) in [4.78, 5) is 11.4. The van der Waals surface area contributed by atoms with Crippen LogP contribution in [-0.4, -0.2) is 17.5 Å². The Morgan fingerprint density at radius 3 is 2.35 bits per heavy atom. The molecule has 0 aliphatic rings. The first-order valence-electron chi connectivity index (χ1n) is 5.78. The van der Waals surface area contributed by atoms with E-state index in [1.54, 1.807) is 6.07 Å². The third-order valence-corrected chi connectivity index (χ3v) is 2.57. The quantitative estimate of drug-likeness (QED) is 0.819. The molecule has 3 nitrogen and oxygen atoms in total. The summed E-state index contributed by atoms with van der Waals surface area (Å²) in [6.45, 7) is 9.90. The lowest BCUT2D eigenvalue weighted by molar-refractivity contribution is 0.101. The Balaban J connectivity index is 3.45. The van der Waals surface area contributed by atoms with Gasteiger partial charge in [-0.05, 0) is 31.4 Å². The predicted molar refractivity (Wildman–Crippen MR) is 68.0 cm³/mol. The fourth-order valence-corrected chi connectivity index (χ4v) is 1.67. The van der Waals surface area contributed by atoms with Crippen molar-refractivity contribution in [2.24, 2.45) is 0 Å². The molecule has 1 rings (SSSR count). The lowest BCUT2D eigenvalue weighted by Gasteiger charge is -2.24. The molecule has 0 amide bonds. The van der Waals surface area contributed by atoms with Crippen molar-refractivity contribution in [3.63, 3.8) is 0 Å². The minimum absolute atomic E-state index is 0.0319. The van der Waals surface area contributed by atoms with Crippen molar-refractivity contribution >= 4 is 5.78 Å². The Morgan fingerprint density at radius 2 is 1.94 bits per heavy atom. The maximum Gasteiger partial charge on any atom is 0.164 e. The van der Waals surface area contributed by atoms with E-state index in [0.29, 0.717) is 17.9 Å². The molecule has 0 bridgehead atoms. The van der Waals surface area contributed by atoms with Gasteiger partial charge in [-0.3, -0.25) is 4.79 Å². The number of rotatable bonds is 3. The molecule has 1 aromatic carbocycles. The number of phenols is 1. The second-order valence-corrected chi connectivity index (χ2v) is 5.11. The summed E-state index contributed by atoms with van der Waals surface area (Å²) in [5.41, 5.74) is 1.17. The second-order valence-electron chi connectivity index (χ2n) is 5.11. The predicted octanol–water partition coefficient (Wildman–Crippen LogP) is 3.29. The molecule has 0 aliphatic heterocycles. The highest BCUT2D eigenvalue weighted by Gasteiger charge is 2.23. The molecule has 0 fully saturated rings. The minimum Gasteiger partial charge on any atom is -0.504 e. The van der Waals surface area contributed by atoms with E-state index in [2.05, 4.69) is 0 Å². The van der Waals surface area contributed by atoms with E-state index in [1.807, 2.05) is 27.7 Å². The van der Waals surface area contributed by atoms with Gasteiger partial charge < -0.3 is 9.84 Å². The van der Waals surface area contributed by atoms with Gasteiger partial charge in [0.25, 0.3) is 0 Å². The molecule has 0 saturated heterocycles. The van der Waals surface area contributed by atoms with E-state index in [4.69, 9.17) is 4.74 Å². The molecule has 0 radical (unpaired) electrons. The lowest BCUT2D eigenvalue weighted by atomic mass is 9.84. The van der Waals surface area contributed by atoms with Gasteiger partial charge in [0.1, 0.15) is 0 Å². The summed E-state index contributed by atoms with van der Waals surface area (Å²) in [5, 5.41) is 9.94. The Labute approximate surface area is 102 Å². The van der Waals surface area contributed by atoms with Crippen molar-refractivity contribution in [2.75, 3.05) is 6.61 Å². The zero-order chi connectivity index (χ0) is 13.2. The van der Waals surface area contributed by atoms with Crippen molar-refractivity contribution in [1.82, 2.24) is 0 Å². The zero-order valence-electron chi connectivity index (χ0n) is 11.1. The molecule has 0 spiro atoms. The van der Waals surface area contributed by atoms with Crippen LogP contribution in [0.15, 0.2) is 12.1 Å². The van der Waals surface area contributed by atoms with Gasteiger partial charge in [-0.25, -0.2) is 0 Å². The summed E-state index contributed by atoms with van der Waals surface area (Å²) >= 11 is 0. The number of aromatic hydroxyl groups is 1. The number of Topliss-reactive ketones (excluding diaryl/α,β-unsaturated/α-hetero) is 1. The molecule has 0 unspecified atom stereocenters. The number of carbonyl (C=O) groups is 1. The number of ketones is 1. The van der Waals surface area contributed by atoms with E-state index in [-0.39, 0.29) is 16.9 Å². The van der Waals surface area contributed by atoms with E-state index in [1.165, 1.54) is 13.0 Å². The molecule has 0 aromatic heterocycles. The van der Waals surface area contributed by atoms with Gasteiger partial charge in [-0.2, -0.15) is 0 Å². The Hall–Kier alpha value is -1.51. The van der Waals surface area contributed by atoms with Crippen LogP contribution in [0.1, 0.15) is 50.5 Å². The van der Waals surface area contributed by atoms with Gasteiger partial charge in [0.2, 0.25) is 0 Å². The molecule has 1 aromatic rings. The van der Waals surface area contributed by atoms with Gasteiger partial charge in [0.05, 0.1) is 6.61 Å². The van der Waals surface area contributed by atoms with Crippen LogP contribution in [0.5, 0.6) is 11.5 Å². The molecule has 94 valence electrons. The van der Waals surface area contributed by atoms with Crippen molar-refractivity contribution in [2.45, 2.75) is 40.0 Å². The van der Waals surface area contributed by atoms with Crippen LogP contribution in [-0.2, 0) is 5.41 Å². The van der Waals surface area contributed by atoms with E-state index < -0.39 is 0 Å². The van der Waals surface area contributed by atoms with E-state index >= 15 is 0 Å². The van der Waals surface area contributed by atoms with Gasteiger partial charge in [-0.15, -0.1) is 0 Å². The van der Waals surface area contributed by atoms with E-state index in [9.17, 15) is 9.90 Å². The molecule has 1 N–H and O–H groups in total. The third-order valence-electron chi connectivity index (χ3n) is 2.57. The fraction of sp³-hybridized carbons (Fsp3) is 0.500. The molecular weight excluding hydrogens is 216 g/mol. The van der Waals surface area contributed by atoms with Crippen molar-refractivity contribution < 1.29 is 14.6 Å². The number of carbonyl (C=O) groups excluding carboxylic acids is 1. The summed E-state index contributed by atoms with van der Waals surface area (Å²) in [6.07, 6.45) is 0. The second kappa shape index (κ2) is 4.78. The fourth-order valence-electron chi connectivity index (χ4n) is 1.67. The standard InChI is InChI=1S/C14H20O3/c1-6-17-13-11(14(3,4)5)7-10(9(2)15)8-12(13)16/h7-8,16H,6H2,1-5H3. The van der Waals surface area contributed by atoms with Gasteiger partial charge in [0.15, 0.2) is 17.3 Å². The molecule has 17 heavy (non-hydrogen) atoms.